The second-order valence-corrected chi connectivity index (χ2v) is 5.36. The number of carbonyl (C=O) groups is 2. The molecule has 1 atom stereocenters. The van der Waals surface area contributed by atoms with Crippen molar-refractivity contribution in [2.45, 2.75) is 78.7 Å². The quantitative estimate of drug-likeness (QED) is 0.401. The van der Waals surface area contributed by atoms with Gasteiger partial charge in [-0.3, -0.25) is 4.90 Å². The molecule has 5 nitrogen and oxygen atoms in total. The number of ether oxygens (including phenoxy) is 2. The van der Waals surface area contributed by atoms with Crippen LogP contribution in [0.1, 0.15) is 72.6 Å². The summed E-state index contributed by atoms with van der Waals surface area (Å²) in [4.78, 5) is 26.0. The van der Waals surface area contributed by atoms with Crippen LogP contribution >= 0.6 is 0 Å². The molecule has 5 heteroatoms. The van der Waals surface area contributed by atoms with E-state index in [0.717, 1.165) is 38.5 Å². The molecule has 0 aromatic rings. The smallest absolute Gasteiger partial charge is 0.410 e. The largest absolute Gasteiger partial charge is 0.464 e. The van der Waals surface area contributed by atoms with Crippen LogP contribution in [0.5, 0.6) is 0 Å². The van der Waals surface area contributed by atoms with E-state index in [9.17, 15) is 9.59 Å². The van der Waals surface area contributed by atoms with Gasteiger partial charge >= 0.3 is 12.1 Å². The van der Waals surface area contributed by atoms with Gasteiger partial charge in [0.25, 0.3) is 0 Å². The molecule has 0 fully saturated rings. The first-order chi connectivity index (χ1) is 10.6. The molecule has 0 aliphatic heterocycles. The van der Waals surface area contributed by atoms with E-state index in [4.69, 9.17) is 9.47 Å². The maximum absolute atomic E-state index is 12.2. The summed E-state index contributed by atoms with van der Waals surface area (Å²) in [5.74, 6) is -0.320. The van der Waals surface area contributed by atoms with Crippen LogP contribution in [0.15, 0.2) is 0 Å². The summed E-state index contributed by atoms with van der Waals surface area (Å²) in [6, 6.07) is -0.527. The second-order valence-electron chi connectivity index (χ2n) is 5.36. The molecule has 0 heterocycles. The lowest BCUT2D eigenvalue weighted by Crippen LogP contribution is -2.46. The van der Waals surface area contributed by atoms with Crippen LogP contribution in [-0.2, 0) is 14.3 Å². The molecule has 1 amide bonds. The van der Waals surface area contributed by atoms with Gasteiger partial charge in [-0.05, 0) is 26.7 Å². The molecule has 0 aliphatic carbocycles. The van der Waals surface area contributed by atoms with Crippen LogP contribution < -0.4 is 0 Å². The molecule has 0 saturated carbocycles. The third-order valence-electron chi connectivity index (χ3n) is 3.52. The van der Waals surface area contributed by atoms with Crippen LogP contribution in [0.2, 0.25) is 0 Å². The van der Waals surface area contributed by atoms with E-state index in [1.54, 1.807) is 18.7 Å². The Bertz CT molecular complexity index is 307. The number of nitrogens with zero attached hydrogens (tertiary/aromatic N) is 1. The van der Waals surface area contributed by atoms with Crippen LogP contribution in [0, 0.1) is 0 Å². The number of unbranched alkanes of at least 4 members (excludes halogenated alkanes) is 4. The van der Waals surface area contributed by atoms with Crippen molar-refractivity contribution in [3.63, 3.8) is 0 Å². The Balaban J connectivity index is 4.89. The molecular weight excluding hydrogens is 282 g/mol. The fraction of sp³-hybridized carbons (Fsp3) is 0.882. The first-order valence-electron chi connectivity index (χ1n) is 8.72. The summed E-state index contributed by atoms with van der Waals surface area (Å²) in [6.45, 7) is 8.96. The molecule has 0 bridgehead atoms. The zero-order valence-corrected chi connectivity index (χ0v) is 14.7. The lowest BCUT2D eigenvalue weighted by atomic mass is 10.1. The molecular formula is C17H33NO4. The number of hydrogen-bond donors (Lipinski definition) is 0. The van der Waals surface area contributed by atoms with Crippen molar-refractivity contribution in [1.29, 1.82) is 0 Å². The normalized spacial score (nSPS) is 11.8. The van der Waals surface area contributed by atoms with E-state index >= 15 is 0 Å². The third kappa shape index (κ3) is 8.25. The second kappa shape index (κ2) is 13.4. The zero-order valence-electron chi connectivity index (χ0n) is 14.7. The van der Waals surface area contributed by atoms with Gasteiger partial charge in [-0.25, -0.2) is 9.59 Å². The van der Waals surface area contributed by atoms with E-state index in [-0.39, 0.29) is 5.97 Å². The highest BCUT2D eigenvalue weighted by atomic mass is 16.6. The zero-order chi connectivity index (χ0) is 16.8. The fourth-order valence-electron chi connectivity index (χ4n) is 2.33. The highest BCUT2D eigenvalue weighted by molar-refractivity contribution is 5.81. The Kier molecular flexibility index (Phi) is 12.6. The SMILES string of the molecule is CCCCCCN(C(=O)OCC)C(CCCC)C(=O)OCC. The lowest BCUT2D eigenvalue weighted by Gasteiger charge is -2.29. The molecule has 130 valence electrons. The van der Waals surface area contributed by atoms with Gasteiger partial charge in [-0.2, -0.15) is 0 Å². The van der Waals surface area contributed by atoms with Gasteiger partial charge in [0.1, 0.15) is 6.04 Å². The number of carbonyl (C=O) groups excluding carboxylic acids is 2. The number of hydrogen-bond acceptors (Lipinski definition) is 4. The third-order valence-corrected chi connectivity index (χ3v) is 3.52. The predicted molar refractivity (Wildman–Crippen MR) is 87.8 cm³/mol. The first-order valence-corrected chi connectivity index (χ1v) is 8.72. The minimum atomic E-state index is -0.527. The van der Waals surface area contributed by atoms with Crippen LogP contribution in [0.4, 0.5) is 4.79 Å². The fourth-order valence-corrected chi connectivity index (χ4v) is 2.33. The summed E-state index contributed by atoms with van der Waals surface area (Å²) in [5, 5.41) is 0. The van der Waals surface area contributed by atoms with E-state index in [1.807, 2.05) is 0 Å². The standard InChI is InChI=1S/C17H33NO4/c1-5-9-11-12-14-18(17(20)22-8-4)15(13-10-6-2)16(19)21-7-3/h15H,5-14H2,1-4H3. The minimum absolute atomic E-state index is 0.313. The van der Waals surface area contributed by atoms with Crippen molar-refractivity contribution in [1.82, 2.24) is 4.90 Å². The molecule has 0 aromatic heterocycles. The predicted octanol–water partition coefficient (Wildman–Crippen LogP) is 4.15. The van der Waals surface area contributed by atoms with Crippen LogP contribution in [0.25, 0.3) is 0 Å². The number of rotatable bonds is 12. The molecule has 0 radical (unpaired) electrons. The van der Waals surface area contributed by atoms with Gasteiger partial charge in [0.2, 0.25) is 0 Å². The molecule has 1 unspecified atom stereocenters. The highest BCUT2D eigenvalue weighted by Crippen LogP contribution is 2.15. The van der Waals surface area contributed by atoms with Crippen molar-refractivity contribution in [2.24, 2.45) is 0 Å². The van der Waals surface area contributed by atoms with Crippen molar-refractivity contribution in [2.75, 3.05) is 19.8 Å². The summed E-state index contributed by atoms with van der Waals surface area (Å²) >= 11 is 0. The Morgan fingerprint density at radius 2 is 1.50 bits per heavy atom. The highest BCUT2D eigenvalue weighted by Gasteiger charge is 2.31. The lowest BCUT2D eigenvalue weighted by molar-refractivity contribution is -0.149. The van der Waals surface area contributed by atoms with E-state index in [1.165, 1.54) is 0 Å². The van der Waals surface area contributed by atoms with Gasteiger partial charge in [-0.15, -0.1) is 0 Å². The Morgan fingerprint density at radius 3 is 2.05 bits per heavy atom. The topological polar surface area (TPSA) is 55.8 Å². The summed E-state index contributed by atoms with van der Waals surface area (Å²) < 4.78 is 10.3. The van der Waals surface area contributed by atoms with E-state index in [0.29, 0.717) is 26.2 Å². The maximum Gasteiger partial charge on any atom is 0.410 e. The average molecular weight is 315 g/mol. The Hall–Kier alpha value is -1.26. The van der Waals surface area contributed by atoms with E-state index < -0.39 is 12.1 Å². The summed E-state index contributed by atoms with van der Waals surface area (Å²) in [6.07, 6.45) is 6.28. The molecule has 0 rings (SSSR count). The number of esters is 1. The van der Waals surface area contributed by atoms with Crippen molar-refractivity contribution in [3.05, 3.63) is 0 Å². The van der Waals surface area contributed by atoms with Gasteiger partial charge in [0, 0.05) is 6.54 Å². The average Bonchev–Trinajstić information content (AvgIpc) is 2.50. The summed E-state index contributed by atoms with van der Waals surface area (Å²) in [7, 11) is 0. The molecule has 0 saturated heterocycles. The Morgan fingerprint density at radius 1 is 0.864 bits per heavy atom. The molecule has 0 N–H and O–H groups in total. The molecule has 0 aromatic carbocycles. The van der Waals surface area contributed by atoms with E-state index in [2.05, 4.69) is 13.8 Å². The van der Waals surface area contributed by atoms with Gasteiger partial charge in [-0.1, -0.05) is 46.0 Å². The van der Waals surface area contributed by atoms with Gasteiger partial charge < -0.3 is 9.47 Å². The molecule has 22 heavy (non-hydrogen) atoms. The van der Waals surface area contributed by atoms with Crippen molar-refractivity contribution in [3.8, 4) is 0 Å². The minimum Gasteiger partial charge on any atom is -0.464 e. The monoisotopic (exact) mass is 315 g/mol. The molecule has 0 aliphatic rings. The number of amides is 1. The van der Waals surface area contributed by atoms with Crippen molar-refractivity contribution >= 4 is 12.1 Å². The summed E-state index contributed by atoms with van der Waals surface area (Å²) in [5.41, 5.74) is 0. The van der Waals surface area contributed by atoms with Gasteiger partial charge in [0.15, 0.2) is 0 Å². The Labute approximate surface area is 135 Å². The molecule has 0 spiro atoms. The first kappa shape index (κ1) is 20.7. The van der Waals surface area contributed by atoms with Gasteiger partial charge in [0.05, 0.1) is 13.2 Å². The van der Waals surface area contributed by atoms with Crippen molar-refractivity contribution < 1.29 is 19.1 Å². The van der Waals surface area contributed by atoms with Crippen LogP contribution in [-0.4, -0.2) is 42.8 Å². The van der Waals surface area contributed by atoms with Crippen LogP contribution in [0.3, 0.4) is 0 Å². The maximum atomic E-state index is 12.2.